The molecule has 1 saturated heterocycles. The van der Waals surface area contributed by atoms with Gasteiger partial charge in [-0.25, -0.2) is 4.39 Å². The molecule has 156 valence electrons. The summed E-state index contributed by atoms with van der Waals surface area (Å²) in [6.45, 7) is -2.13. The van der Waals surface area contributed by atoms with Gasteiger partial charge in [0.15, 0.2) is 0 Å². The van der Waals surface area contributed by atoms with Crippen LogP contribution in [0.15, 0.2) is 48.5 Å². The van der Waals surface area contributed by atoms with Crippen molar-refractivity contribution in [1.82, 2.24) is 4.90 Å². The van der Waals surface area contributed by atoms with Crippen LogP contribution in [0.25, 0.3) is 0 Å². The third-order valence-electron chi connectivity index (χ3n) is 5.23. The number of aliphatic hydroxyl groups is 1. The molecule has 0 aromatic heterocycles. The standard InChI is InChI=1S/C21H22F3NO4/c22-16-5-1-3-14(9-16)11-21(19(27)28)13-25(8-7-18(21)26)12-15-4-2-6-17(10-15)29-20(23)24/h1-6,9-10,18,20,26H,7-8,11-13H2,(H,27,28)/t18-,21-/m1/s1. The zero-order valence-electron chi connectivity index (χ0n) is 15.6. The number of carboxylic acids is 1. The Bertz CT molecular complexity index is 863. The molecule has 0 saturated carbocycles. The third kappa shape index (κ3) is 5.07. The second kappa shape index (κ2) is 8.84. The summed E-state index contributed by atoms with van der Waals surface area (Å²) in [5.41, 5.74) is -0.325. The number of halogens is 3. The summed E-state index contributed by atoms with van der Waals surface area (Å²) >= 11 is 0. The maximum atomic E-state index is 13.6. The van der Waals surface area contributed by atoms with Gasteiger partial charge < -0.3 is 14.9 Å². The molecule has 1 fully saturated rings. The molecule has 1 aliphatic rings. The lowest BCUT2D eigenvalue weighted by atomic mass is 9.72. The van der Waals surface area contributed by atoms with E-state index >= 15 is 0 Å². The van der Waals surface area contributed by atoms with Crippen LogP contribution in [0, 0.1) is 11.2 Å². The number of hydrogen-bond acceptors (Lipinski definition) is 4. The number of alkyl halides is 2. The SMILES string of the molecule is O=C(O)[C@]1(Cc2cccc(F)c2)CN(Cc2cccc(OC(F)F)c2)CC[C@H]1O. The Morgan fingerprint density at radius 2 is 1.93 bits per heavy atom. The monoisotopic (exact) mass is 409 g/mol. The summed E-state index contributed by atoms with van der Waals surface area (Å²) < 4.78 is 42.8. The van der Waals surface area contributed by atoms with Crippen LogP contribution in [0.1, 0.15) is 17.5 Å². The number of aliphatic carboxylic acids is 1. The molecule has 2 aromatic carbocycles. The van der Waals surface area contributed by atoms with Gasteiger partial charge in [0.1, 0.15) is 17.0 Å². The zero-order chi connectivity index (χ0) is 21.0. The number of carboxylic acid groups (broad SMARTS) is 1. The summed E-state index contributed by atoms with van der Waals surface area (Å²) in [6.07, 6.45) is -0.880. The molecule has 1 heterocycles. The summed E-state index contributed by atoms with van der Waals surface area (Å²) in [6, 6.07) is 11.9. The van der Waals surface area contributed by atoms with Crippen LogP contribution in [0.5, 0.6) is 5.75 Å². The van der Waals surface area contributed by atoms with Crippen molar-refractivity contribution in [1.29, 1.82) is 0 Å². The molecular weight excluding hydrogens is 387 g/mol. The number of hydrogen-bond donors (Lipinski definition) is 2. The molecule has 8 heteroatoms. The topological polar surface area (TPSA) is 70.0 Å². The largest absolute Gasteiger partial charge is 0.481 e. The first-order valence-electron chi connectivity index (χ1n) is 9.20. The van der Waals surface area contributed by atoms with Crippen molar-refractivity contribution in [2.75, 3.05) is 13.1 Å². The van der Waals surface area contributed by atoms with Crippen LogP contribution in [-0.4, -0.2) is 46.9 Å². The van der Waals surface area contributed by atoms with E-state index in [-0.39, 0.29) is 25.1 Å². The molecule has 0 bridgehead atoms. The van der Waals surface area contributed by atoms with E-state index in [1.807, 2.05) is 4.90 Å². The fraction of sp³-hybridized carbons (Fsp3) is 0.381. The van der Waals surface area contributed by atoms with E-state index in [0.29, 0.717) is 24.2 Å². The van der Waals surface area contributed by atoms with Gasteiger partial charge in [0.2, 0.25) is 0 Å². The number of likely N-dealkylation sites (tertiary alicyclic amines) is 1. The highest BCUT2D eigenvalue weighted by Gasteiger charge is 2.49. The minimum absolute atomic E-state index is 0.0215. The van der Waals surface area contributed by atoms with E-state index in [9.17, 15) is 28.2 Å². The lowest BCUT2D eigenvalue weighted by molar-refractivity contribution is -0.163. The molecule has 3 rings (SSSR count). The lowest BCUT2D eigenvalue weighted by Gasteiger charge is -2.43. The molecule has 0 aliphatic carbocycles. The van der Waals surface area contributed by atoms with Crippen molar-refractivity contribution in [2.24, 2.45) is 5.41 Å². The normalized spacial score (nSPS) is 22.6. The Morgan fingerprint density at radius 1 is 1.21 bits per heavy atom. The van der Waals surface area contributed by atoms with Gasteiger partial charge >= 0.3 is 12.6 Å². The zero-order valence-corrected chi connectivity index (χ0v) is 15.6. The van der Waals surface area contributed by atoms with Crippen molar-refractivity contribution in [3.05, 3.63) is 65.5 Å². The average Bonchev–Trinajstić information content (AvgIpc) is 2.64. The predicted octanol–water partition coefficient (Wildman–Crippen LogP) is 3.31. The summed E-state index contributed by atoms with van der Waals surface area (Å²) in [5, 5.41) is 20.5. The quantitative estimate of drug-likeness (QED) is 0.734. The minimum atomic E-state index is -2.93. The maximum absolute atomic E-state index is 13.6. The Morgan fingerprint density at radius 3 is 2.62 bits per heavy atom. The molecule has 1 aliphatic heterocycles. The van der Waals surface area contributed by atoms with Crippen LogP contribution in [0.3, 0.4) is 0 Å². The summed E-state index contributed by atoms with van der Waals surface area (Å²) in [5.74, 6) is -1.60. The van der Waals surface area contributed by atoms with Gasteiger partial charge in [-0.2, -0.15) is 8.78 Å². The van der Waals surface area contributed by atoms with Crippen molar-refractivity contribution in [2.45, 2.75) is 32.1 Å². The number of piperidine rings is 1. The summed E-state index contributed by atoms with van der Waals surface area (Å²) in [4.78, 5) is 14.0. The molecule has 2 aromatic rings. The first-order valence-corrected chi connectivity index (χ1v) is 9.20. The molecular formula is C21H22F3NO4. The third-order valence-corrected chi connectivity index (χ3v) is 5.23. The van der Waals surface area contributed by atoms with E-state index in [1.165, 1.54) is 30.3 Å². The first kappa shape index (κ1) is 21.1. The number of nitrogens with zero attached hydrogens (tertiary/aromatic N) is 1. The number of ether oxygens (including phenoxy) is 1. The van der Waals surface area contributed by atoms with E-state index in [1.54, 1.807) is 18.2 Å². The van der Waals surface area contributed by atoms with Gasteiger partial charge in [-0.1, -0.05) is 24.3 Å². The van der Waals surface area contributed by atoms with Crippen LogP contribution in [-0.2, 0) is 17.8 Å². The van der Waals surface area contributed by atoms with E-state index in [0.717, 1.165) is 0 Å². The Kier molecular flexibility index (Phi) is 6.44. The van der Waals surface area contributed by atoms with Crippen molar-refractivity contribution >= 4 is 5.97 Å². The highest BCUT2D eigenvalue weighted by Crippen LogP contribution is 2.35. The second-order valence-electron chi connectivity index (χ2n) is 7.31. The van der Waals surface area contributed by atoms with Gasteiger partial charge in [0.05, 0.1) is 6.10 Å². The molecule has 0 unspecified atom stereocenters. The second-order valence-corrected chi connectivity index (χ2v) is 7.31. The average molecular weight is 409 g/mol. The number of aliphatic hydroxyl groups excluding tert-OH is 1. The van der Waals surface area contributed by atoms with Crippen LogP contribution < -0.4 is 4.74 Å². The van der Waals surface area contributed by atoms with Crippen molar-refractivity contribution < 1.29 is 32.9 Å². The van der Waals surface area contributed by atoms with Gasteiger partial charge in [0.25, 0.3) is 0 Å². The van der Waals surface area contributed by atoms with Crippen LogP contribution in [0.2, 0.25) is 0 Å². The molecule has 29 heavy (non-hydrogen) atoms. The van der Waals surface area contributed by atoms with Gasteiger partial charge in [-0.15, -0.1) is 0 Å². The maximum Gasteiger partial charge on any atom is 0.387 e. The number of carbonyl (C=O) groups is 1. The lowest BCUT2D eigenvalue weighted by Crippen LogP contribution is -2.56. The Hall–Kier alpha value is -2.58. The van der Waals surface area contributed by atoms with Gasteiger partial charge in [0, 0.05) is 19.6 Å². The molecule has 0 amide bonds. The van der Waals surface area contributed by atoms with E-state index in [4.69, 9.17) is 0 Å². The number of benzene rings is 2. The molecule has 0 spiro atoms. The Balaban J connectivity index is 1.79. The van der Waals surface area contributed by atoms with Crippen LogP contribution in [0.4, 0.5) is 13.2 Å². The minimum Gasteiger partial charge on any atom is -0.481 e. The summed E-state index contributed by atoms with van der Waals surface area (Å²) in [7, 11) is 0. The fourth-order valence-corrected chi connectivity index (χ4v) is 3.85. The highest BCUT2D eigenvalue weighted by molar-refractivity contribution is 5.76. The van der Waals surface area contributed by atoms with E-state index in [2.05, 4.69) is 4.74 Å². The molecule has 2 N–H and O–H groups in total. The Labute approximate surface area is 166 Å². The molecule has 2 atom stereocenters. The van der Waals surface area contributed by atoms with Crippen molar-refractivity contribution in [3.8, 4) is 5.75 Å². The first-order chi connectivity index (χ1) is 13.8. The molecule has 5 nitrogen and oxygen atoms in total. The van der Waals surface area contributed by atoms with E-state index < -0.39 is 29.9 Å². The van der Waals surface area contributed by atoms with Crippen molar-refractivity contribution in [3.63, 3.8) is 0 Å². The fourth-order valence-electron chi connectivity index (χ4n) is 3.85. The van der Waals surface area contributed by atoms with Crippen LogP contribution >= 0.6 is 0 Å². The number of rotatable bonds is 7. The highest BCUT2D eigenvalue weighted by atomic mass is 19.3. The van der Waals surface area contributed by atoms with Gasteiger partial charge in [-0.05, 0) is 48.2 Å². The smallest absolute Gasteiger partial charge is 0.387 e. The predicted molar refractivity (Wildman–Crippen MR) is 99.1 cm³/mol. The molecule has 0 radical (unpaired) electrons. The van der Waals surface area contributed by atoms with Gasteiger partial charge in [-0.3, -0.25) is 9.69 Å².